The molecule has 0 N–H and O–H groups in total. The number of carbonyl (C=O) groups excluding carboxylic acids is 2. The fraction of sp³-hybridized carbons (Fsp3) is 0.818. The summed E-state index contributed by atoms with van der Waals surface area (Å²) in [5.41, 5.74) is 0.814. The van der Waals surface area contributed by atoms with Crippen LogP contribution < -0.4 is 0 Å². The molecule has 0 aromatic carbocycles. The van der Waals surface area contributed by atoms with Crippen molar-refractivity contribution >= 4 is 11.8 Å². The quantitative estimate of drug-likeness (QED) is 0.693. The second-order valence-corrected chi connectivity index (χ2v) is 9.62. The van der Waals surface area contributed by atoms with Crippen molar-refractivity contribution in [2.75, 3.05) is 14.2 Å². The van der Waals surface area contributed by atoms with Crippen LogP contribution in [0.25, 0.3) is 0 Å². The molecule has 5 rings (SSSR count). The van der Waals surface area contributed by atoms with Gasteiger partial charge in [-0.25, -0.2) is 0 Å². The molecule has 3 saturated carbocycles. The summed E-state index contributed by atoms with van der Waals surface area (Å²) in [6.07, 6.45) is 8.85. The summed E-state index contributed by atoms with van der Waals surface area (Å²) >= 11 is 0. The molecule has 5 nitrogen and oxygen atoms in total. The number of carbonyl (C=O) groups is 2. The molecular weight excluding hydrogens is 344 g/mol. The van der Waals surface area contributed by atoms with Crippen LogP contribution in [0.5, 0.6) is 0 Å². The molecule has 0 aromatic heterocycles. The Kier molecular flexibility index (Phi) is 3.75. The van der Waals surface area contributed by atoms with E-state index in [4.69, 9.17) is 14.2 Å². The van der Waals surface area contributed by atoms with E-state index >= 15 is 0 Å². The van der Waals surface area contributed by atoms with E-state index < -0.39 is 0 Å². The van der Waals surface area contributed by atoms with Crippen LogP contribution >= 0.6 is 0 Å². The van der Waals surface area contributed by atoms with Crippen LogP contribution in [0.3, 0.4) is 0 Å². The summed E-state index contributed by atoms with van der Waals surface area (Å²) in [7, 11) is 3.24. The summed E-state index contributed by atoms with van der Waals surface area (Å²) < 4.78 is 17.9. The van der Waals surface area contributed by atoms with Gasteiger partial charge in [0, 0.05) is 24.9 Å². The van der Waals surface area contributed by atoms with E-state index in [1.54, 1.807) is 7.11 Å². The second-order valence-electron chi connectivity index (χ2n) is 9.62. The Morgan fingerprint density at radius 1 is 1.11 bits per heavy atom. The molecule has 4 aliphatic carbocycles. The van der Waals surface area contributed by atoms with Crippen molar-refractivity contribution in [1.82, 2.24) is 0 Å². The Hall–Kier alpha value is -1.20. The Labute approximate surface area is 160 Å². The molecule has 1 saturated heterocycles. The van der Waals surface area contributed by atoms with Gasteiger partial charge in [0.05, 0.1) is 18.6 Å². The van der Waals surface area contributed by atoms with E-state index in [2.05, 4.69) is 6.92 Å². The molecule has 4 fully saturated rings. The predicted molar refractivity (Wildman–Crippen MR) is 97.7 cm³/mol. The minimum absolute atomic E-state index is 0.0335. The zero-order valence-corrected chi connectivity index (χ0v) is 16.6. The molecular formula is C22H30O5. The Bertz CT molecular complexity index is 728. The van der Waals surface area contributed by atoms with Gasteiger partial charge in [0.15, 0.2) is 12.1 Å². The van der Waals surface area contributed by atoms with Gasteiger partial charge in [-0.3, -0.25) is 9.59 Å². The molecule has 0 unspecified atom stereocenters. The van der Waals surface area contributed by atoms with E-state index in [-0.39, 0.29) is 40.4 Å². The van der Waals surface area contributed by atoms with Gasteiger partial charge in [0.25, 0.3) is 0 Å². The fourth-order valence-corrected chi connectivity index (χ4v) is 8.04. The summed E-state index contributed by atoms with van der Waals surface area (Å²) in [6.45, 7) is 2.28. The van der Waals surface area contributed by atoms with Gasteiger partial charge in [-0.15, -0.1) is 0 Å². The zero-order chi connectivity index (χ0) is 19.0. The molecule has 1 aliphatic heterocycles. The molecule has 0 amide bonds. The van der Waals surface area contributed by atoms with Crippen molar-refractivity contribution in [1.29, 1.82) is 0 Å². The zero-order valence-electron chi connectivity index (χ0n) is 16.6. The van der Waals surface area contributed by atoms with Crippen LogP contribution in [0.2, 0.25) is 0 Å². The summed E-state index contributed by atoms with van der Waals surface area (Å²) in [5.74, 6) is 0.887. The van der Waals surface area contributed by atoms with Gasteiger partial charge in [0.1, 0.15) is 0 Å². The van der Waals surface area contributed by atoms with E-state index in [0.717, 1.165) is 44.9 Å². The average Bonchev–Trinajstić information content (AvgIpc) is 3.11. The number of fused-ring (bicyclic) bond motifs is 1. The molecule has 7 atom stereocenters. The van der Waals surface area contributed by atoms with E-state index in [1.165, 1.54) is 12.7 Å². The standard InChI is InChI=1S/C22H30O5/c1-20-9-8-17-21-10-7-14(23)12-13(21)6-11-22(17,27-19(21)26-3)16(20)5-4-15(20)18(24)25-2/h12,15-17,19H,4-11H2,1-3H3/t15-,16-,17-,19-,20+,21-,22-/m0/s1. The Balaban J connectivity index is 1.60. The largest absolute Gasteiger partial charge is 0.469 e. The van der Waals surface area contributed by atoms with E-state index in [1.807, 2.05) is 6.08 Å². The van der Waals surface area contributed by atoms with Crippen LogP contribution in [-0.4, -0.2) is 37.9 Å². The van der Waals surface area contributed by atoms with Crippen molar-refractivity contribution in [2.45, 2.75) is 70.2 Å². The van der Waals surface area contributed by atoms with Crippen molar-refractivity contribution in [2.24, 2.45) is 28.6 Å². The number of esters is 1. The molecule has 0 radical (unpaired) electrons. The molecule has 148 valence electrons. The van der Waals surface area contributed by atoms with Gasteiger partial charge in [-0.2, -0.15) is 0 Å². The minimum Gasteiger partial charge on any atom is -0.469 e. The predicted octanol–water partition coefficient (Wildman–Crippen LogP) is 3.41. The van der Waals surface area contributed by atoms with E-state index in [9.17, 15) is 9.59 Å². The minimum atomic E-state index is -0.274. The highest BCUT2D eigenvalue weighted by molar-refractivity contribution is 5.91. The maximum absolute atomic E-state index is 12.5. The van der Waals surface area contributed by atoms with Crippen molar-refractivity contribution < 1.29 is 23.8 Å². The van der Waals surface area contributed by atoms with Crippen molar-refractivity contribution in [3.63, 3.8) is 0 Å². The third-order valence-corrected chi connectivity index (χ3v) is 9.06. The lowest BCUT2D eigenvalue weighted by atomic mass is 9.46. The van der Waals surface area contributed by atoms with Crippen molar-refractivity contribution in [3.8, 4) is 0 Å². The molecule has 5 heteroatoms. The number of rotatable bonds is 2. The van der Waals surface area contributed by atoms with Gasteiger partial charge in [0.2, 0.25) is 0 Å². The second kappa shape index (κ2) is 5.66. The SMILES string of the molecule is COC(=O)[C@@H]1CC[C@H]2[C@]1(C)CC[C@@H]1[C@]23CCC2=CC(=O)CC[C@]21[C@@H](OC)O3. The average molecular weight is 374 g/mol. The van der Waals surface area contributed by atoms with Crippen LogP contribution in [-0.2, 0) is 23.8 Å². The number of ketones is 1. The molecule has 1 heterocycles. The van der Waals surface area contributed by atoms with Crippen LogP contribution in [0.15, 0.2) is 11.6 Å². The first-order valence-corrected chi connectivity index (χ1v) is 10.4. The van der Waals surface area contributed by atoms with Crippen molar-refractivity contribution in [3.05, 3.63) is 11.6 Å². The molecule has 1 spiro atoms. The lowest BCUT2D eigenvalue weighted by molar-refractivity contribution is -0.210. The van der Waals surface area contributed by atoms with Crippen LogP contribution in [0.1, 0.15) is 58.3 Å². The monoisotopic (exact) mass is 374 g/mol. The fourth-order valence-electron chi connectivity index (χ4n) is 8.04. The summed E-state index contributed by atoms with van der Waals surface area (Å²) in [4.78, 5) is 24.6. The normalized spacial score (nSPS) is 50.5. The van der Waals surface area contributed by atoms with E-state index in [0.29, 0.717) is 18.3 Å². The Morgan fingerprint density at radius 2 is 1.93 bits per heavy atom. The van der Waals surface area contributed by atoms with Gasteiger partial charge >= 0.3 is 5.97 Å². The molecule has 2 bridgehead atoms. The Morgan fingerprint density at radius 3 is 2.67 bits per heavy atom. The number of hydrogen-bond acceptors (Lipinski definition) is 5. The van der Waals surface area contributed by atoms with Gasteiger partial charge in [-0.05, 0) is 62.4 Å². The van der Waals surface area contributed by atoms with Crippen LogP contribution in [0, 0.1) is 28.6 Å². The lowest BCUT2D eigenvalue weighted by Crippen LogP contribution is -2.59. The lowest BCUT2D eigenvalue weighted by Gasteiger charge is -2.58. The maximum Gasteiger partial charge on any atom is 0.309 e. The van der Waals surface area contributed by atoms with Gasteiger partial charge < -0.3 is 14.2 Å². The highest BCUT2D eigenvalue weighted by Crippen LogP contribution is 2.74. The van der Waals surface area contributed by atoms with Crippen LogP contribution in [0.4, 0.5) is 0 Å². The third-order valence-electron chi connectivity index (χ3n) is 9.06. The summed E-state index contributed by atoms with van der Waals surface area (Å²) in [5, 5.41) is 0. The first-order valence-electron chi connectivity index (χ1n) is 10.4. The molecule has 27 heavy (non-hydrogen) atoms. The number of ether oxygens (including phenoxy) is 3. The highest BCUT2D eigenvalue weighted by atomic mass is 16.7. The smallest absolute Gasteiger partial charge is 0.309 e. The first-order chi connectivity index (χ1) is 12.9. The van der Waals surface area contributed by atoms with Gasteiger partial charge in [-0.1, -0.05) is 12.5 Å². The number of hydrogen-bond donors (Lipinski definition) is 0. The topological polar surface area (TPSA) is 61.8 Å². The summed E-state index contributed by atoms with van der Waals surface area (Å²) in [6, 6.07) is 0. The third kappa shape index (κ3) is 1.97. The highest BCUT2D eigenvalue weighted by Gasteiger charge is 2.75. The molecule has 0 aromatic rings. The number of methoxy groups -OCH3 is 2. The first kappa shape index (κ1) is 17.9. The maximum atomic E-state index is 12.5. The molecule has 5 aliphatic rings.